The van der Waals surface area contributed by atoms with Crippen LogP contribution in [0.25, 0.3) is 5.65 Å². The molecule has 1 aliphatic heterocycles. The molecule has 1 saturated heterocycles. The fraction of sp³-hybridized carbons (Fsp3) is 0.562. The second-order valence-corrected chi connectivity index (χ2v) is 6.25. The van der Waals surface area contributed by atoms with E-state index in [1.54, 1.807) is 0 Å². The van der Waals surface area contributed by atoms with Crippen LogP contribution >= 0.6 is 0 Å². The number of aromatic nitrogens is 2. The Kier molecular flexibility index (Phi) is 3.87. The molecular formula is C16H25N5. The van der Waals surface area contributed by atoms with Gasteiger partial charge in [-0.2, -0.15) is 0 Å². The molecule has 2 aromatic heterocycles. The summed E-state index contributed by atoms with van der Waals surface area (Å²) in [6, 6.07) is 6.78. The molecule has 1 fully saturated rings. The molecule has 21 heavy (non-hydrogen) atoms. The summed E-state index contributed by atoms with van der Waals surface area (Å²) < 4.78 is 2.19. The molecule has 5 nitrogen and oxygen atoms in total. The van der Waals surface area contributed by atoms with E-state index in [0.29, 0.717) is 12.0 Å². The van der Waals surface area contributed by atoms with E-state index >= 15 is 0 Å². The molecule has 0 aromatic carbocycles. The van der Waals surface area contributed by atoms with Gasteiger partial charge in [0.2, 0.25) is 0 Å². The quantitative estimate of drug-likeness (QED) is 0.923. The lowest BCUT2D eigenvalue weighted by Crippen LogP contribution is -2.34. The summed E-state index contributed by atoms with van der Waals surface area (Å²) in [4.78, 5) is 9.64. The number of anilines is 1. The van der Waals surface area contributed by atoms with Crippen molar-refractivity contribution in [3.63, 3.8) is 0 Å². The Balaban J connectivity index is 1.98. The molecule has 2 aromatic rings. The predicted octanol–water partition coefficient (Wildman–Crippen LogP) is 1.44. The molecule has 0 aliphatic carbocycles. The number of nitrogens with zero attached hydrogens (tertiary/aromatic N) is 4. The molecule has 114 valence electrons. The zero-order chi connectivity index (χ0) is 15.0. The summed E-state index contributed by atoms with van der Waals surface area (Å²) in [5.41, 5.74) is 2.28. The highest BCUT2D eigenvalue weighted by molar-refractivity contribution is 5.56. The Hall–Kier alpha value is -1.59. The molecule has 1 N–H and O–H groups in total. The van der Waals surface area contributed by atoms with Gasteiger partial charge in [0.25, 0.3) is 0 Å². The largest absolute Gasteiger partial charge is 0.353 e. The monoisotopic (exact) mass is 287 g/mol. The maximum Gasteiger partial charge on any atom is 0.152 e. The van der Waals surface area contributed by atoms with Crippen LogP contribution in [0.1, 0.15) is 12.6 Å². The molecule has 0 saturated carbocycles. The lowest BCUT2D eigenvalue weighted by molar-refractivity contribution is 0.266. The van der Waals surface area contributed by atoms with Gasteiger partial charge in [-0.25, -0.2) is 4.98 Å². The van der Waals surface area contributed by atoms with Crippen LogP contribution in [-0.2, 0) is 6.54 Å². The standard InChI is InChI=1S/C16H25N5/c1-12-10-20(11-14(12)19(3)4)16-13(9-17-2)21-8-6-5-7-15(21)18-16/h5-8,12,14,17H,9-11H2,1-4H3. The number of imidazole rings is 1. The van der Waals surface area contributed by atoms with Crippen LogP contribution in [0.2, 0.25) is 0 Å². The highest BCUT2D eigenvalue weighted by Crippen LogP contribution is 2.29. The SMILES string of the molecule is CNCc1c(N2CC(C)C(N(C)C)C2)nc2ccccn12. The smallest absolute Gasteiger partial charge is 0.152 e. The third-order valence-corrected chi connectivity index (χ3v) is 4.49. The van der Waals surface area contributed by atoms with Crippen LogP contribution in [0.4, 0.5) is 5.82 Å². The number of fused-ring (bicyclic) bond motifs is 1. The van der Waals surface area contributed by atoms with Gasteiger partial charge >= 0.3 is 0 Å². The second-order valence-electron chi connectivity index (χ2n) is 6.25. The lowest BCUT2D eigenvalue weighted by atomic mass is 10.1. The van der Waals surface area contributed by atoms with E-state index in [1.807, 2.05) is 13.1 Å². The Morgan fingerprint density at radius 2 is 2.14 bits per heavy atom. The van der Waals surface area contributed by atoms with Crippen molar-refractivity contribution < 1.29 is 0 Å². The molecule has 0 bridgehead atoms. The van der Waals surface area contributed by atoms with Crippen LogP contribution in [-0.4, -0.2) is 54.6 Å². The van der Waals surface area contributed by atoms with Gasteiger partial charge in [0.1, 0.15) is 5.65 Å². The van der Waals surface area contributed by atoms with Gasteiger partial charge < -0.3 is 19.5 Å². The fourth-order valence-corrected chi connectivity index (χ4v) is 3.41. The van der Waals surface area contributed by atoms with E-state index in [0.717, 1.165) is 31.1 Å². The Morgan fingerprint density at radius 1 is 1.33 bits per heavy atom. The molecule has 5 heteroatoms. The first-order valence-corrected chi connectivity index (χ1v) is 7.63. The molecule has 1 aliphatic rings. The summed E-state index contributed by atoms with van der Waals surface area (Å²) in [7, 11) is 6.33. The van der Waals surface area contributed by atoms with Crippen LogP contribution < -0.4 is 10.2 Å². The molecule has 3 heterocycles. The normalized spacial score (nSPS) is 22.6. The van der Waals surface area contributed by atoms with E-state index in [1.165, 1.54) is 5.69 Å². The lowest BCUT2D eigenvalue weighted by Gasteiger charge is -2.22. The first-order chi connectivity index (χ1) is 10.1. The number of likely N-dealkylation sites (N-methyl/N-ethyl adjacent to an activating group) is 1. The van der Waals surface area contributed by atoms with Gasteiger partial charge in [-0.15, -0.1) is 0 Å². The molecule has 0 radical (unpaired) electrons. The van der Waals surface area contributed by atoms with Crippen LogP contribution in [0.3, 0.4) is 0 Å². The minimum absolute atomic E-state index is 0.595. The predicted molar refractivity (Wildman–Crippen MR) is 86.8 cm³/mol. The van der Waals surface area contributed by atoms with Crippen molar-refractivity contribution in [1.29, 1.82) is 0 Å². The van der Waals surface area contributed by atoms with Crippen molar-refractivity contribution in [2.24, 2.45) is 5.92 Å². The minimum Gasteiger partial charge on any atom is -0.353 e. The van der Waals surface area contributed by atoms with Crippen molar-refractivity contribution in [3.05, 3.63) is 30.1 Å². The van der Waals surface area contributed by atoms with E-state index in [2.05, 4.69) is 58.9 Å². The number of hydrogen-bond acceptors (Lipinski definition) is 4. The van der Waals surface area contributed by atoms with Crippen molar-refractivity contribution in [2.75, 3.05) is 39.1 Å². The molecule has 2 atom stereocenters. The highest BCUT2D eigenvalue weighted by Gasteiger charge is 2.33. The first-order valence-electron chi connectivity index (χ1n) is 7.63. The second kappa shape index (κ2) is 5.66. The molecule has 0 amide bonds. The third kappa shape index (κ3) is 2.51. The zero-order valence-corrected chi connectivity index (χ0v) is 13.4. The van der Waals surface area contributed by atoms with E-state index in [-0.39, 0.29) is 0 Å². The van der Waals surface area contributed by atoms with Gasteiger partial charge in [-0.3, -0.25) is 0 Å². The van der Waals surface area contributed by atoms with Gasteiger partial charge in [-0.05, 0) is 39.2 Å². The van der Waals surface area contributed by atoms with Crippen molar-refractivity contribution in [1.82, 2.24) is 19.6 Å². The Labute approximate surface area is 126 Å². The zero-order valence-electron chi connectivity index (χ0n) is 13.4. The molecule has 3 rings (SSSR count). The minimum atomic E-state index is 0.595. The van der Waals surface area contributed by atoms with E-state index < -0.39 is 0 Å². The van der Waals surface area contributed by atoms with Gasteiger partial charge in [0, 0.05) is 31.9 Å². The van der Waals surface area contributed by atoms with Crippen molar-refractivity contribution in [2.45, 2.75) is 19.5 Å². The average molecular weight is 287 g/mol. The molecule has 0 spiro atoms. The number of pyridine rings is 1. The summed E-state index contributed by atoms with van der Waals surface area (Å²) in [5.74, 6) is 1.79. The summed E-state index contributed by atoms with van der Waals surface area (Å²) in [6.07, 6.45) is 2.10. The molecular weight excluding hydrogens is 262 g/mol. The number of nitrogens with one attached hydrogen (secondary N) is 1. The number of rotatable bonds is 4. The highest BCUT2D eigenvalue weighted by atomic mass is 15.3. The maximum absolute atomic E-state index is 4.87. The van der Waals surface area contributed by atoms with Gasteiger partial charge in [0.05, 0.1) is 5.69 Å². The Bertz CT molecular complexity index is 618. The molecule has 2 unspecified atom stereocenters. The topological polar surface area (TPSA) is 35.8 Å². The first kappa shape index (κ1) is 14.4. The van der Waals surface area contributed by atoms with E-state index in [4.69, 9.17) is 4.98 Å². The Morgan fingerprint density at radius 3 is 2.81 bits per heavy atom. The van der Waals surface area contributed by atoms with Crippen LogP contribution in [0, 0.1) is 5.92 Å². The third-order valence-electron chi connectivity index (χ3n) is 4.49. The summed E-state index contributed by atoms with van der Waals surface area (Å²) >= 11 is 0. The van der Waals surface area contributed by atoms with Gasteiger partial charge in [0.15, 0.2) is 5.82 Å². The van der Waals surface area contributed by atoms with Crippen LogP contribution in [0.5, 0.6) is 0 Å². The average Bonchev–Trinajstić information content (AvgIpc) is 3.01. The maximum atomic E-state index is 4.87. The van der Waals surface area contributed by atoms with E-state index in [9.17, 15) is 0 Å². The summed E-state index contributed by atoms with van der Waals surface area (Å²) in [5, 5.41) is 3.27. The van der Waals surface area contributed by atoms with Crippen molar-refractivity contribution in [3.8, 4) is 0 Å². The summed E-state index contributed by atoms with van der Waals surface area (Å²) in [6.45, 7) is 5.29. The number of hydrogen-bond donors (Lipinski definition) is 1. The van der Waals surface area contributed by atoms with Crippen LogP contribution in [0.15, 0.2) is 24.4 Å². The van der Waals surface area contributed by atoms with Crippen molar-refractivity contribution >= 4 is 11.5 Å². The fourth-order valence-electron chi connectivity index (χ4n) is 3.41. The van der Waals surface area contributed by atoms with Gasteiger partial charge in [-0.1, -0.05) is 13.0 Å².